The first-order valence-electron chi connectivity index (χ1n) is 7.58. The standard InChI is InChI=1S/C15H20N4O2S/c1-3-19(4-2)13(20)10-18-8-11(9-18)15-16-14(17-21-15)12-6-5-7-22-12/h5-7,11H,3-4,8-10H2,1-2H3. The number of amides is 1. The molecule has 0 unspecified atom stereocenters. The summed E-state index contributed by atoms with van der Waals surface area (Å²) in [6.45, 7) is 7.62. The minimum absolute atomic E-state index is 0.188. The van der Waals surface area contributed by atoms with Crippen LogP contribution in [-0.2, 0) is 4.79 Å². The highest BCUT2D eigenvalue weighted by Gasteiger charge is 2.34. The average Bonchev–Trinajstić information content (AvgIpc) is 3.14. The highest BCUT2D eigenvalue weighted by molar-refractivity contribution is 7.13. The summed E-state index contributed by atoms with van der Waals surface area (Å²) in [6, 6.07) is 3.95. The molecular weight excluding hydrogens is 300 g/mol. The molecule has 3 rings (SSSR count). The summed E-state index contributed by atoms with van der Waals surface area (Å²) in [5.41, 5.74) is 0. The molecule has 0 spiro atoms. The minimum atomic E-state index is 0.188. The highest BCUT2D eigenvalue weighted by atomic mass is 32.1. The molecule has 118 valence electrons. The first-order chi connectivity index (χ1) is 10.7. The second-order valence-electron chi connectivity index (χ2n) is 5.39. The number of hydrogen-bond donors (Lipinski definition) is 0. The quantitative estimate of drug-likeness (QED) is 0.815. The lowest BCUT2D eigenvalue weighted by atomic mass is 10.0. The van der Waals surface area contributed by atoms with Crippen LogP contribution in [0.2, 0.25) is 0 Å². The van der Waals surface area contributed by atoms with E-state index in [1.807, 2.05) is 36.3 Å². The molecular formula is C15H20N4O2S. The van der Waals surface area contributed by atoms with Crippen LogP contribution in [0.4, 0.5) is 0 Å². The Kier molecular flexibility index (Phi) is 4.54. The molecule has 0 saturated carbocycles. The lowest BCUT2D eigenvalue weighted by Gasteiger charge is -2.37. The van der Waals surface area contributed by atoms with Gasteiger partial charge in [0.1, 0.15) is 0 Å². The summed E-state index contributed by atoms with van der Waals surface area (Å²) < 4.78 is 5.36. The SMILES string of the molecule is CCN(CC)C(=O)CN1CC(c2nc(-c3cccs3)no2)C1. The summed E-state index contributed by atoms with van der Waals surface area (Å²) in [4.78, 5) is 21.5. The zero-order chi connectivity index (χ0) is 15.5. The predicted octanol–water partition coefficient (Wildman–Crippen LogP) is 2.07. The molecule has 0 radical (unpaired) electrons. The molecule has 22 heavy (non-hydrogen) atoms. The first-order valence-corrected chi connectivity index (χ1v) is 8.46. The summed E-state index contributed by atoms with van der Waals surface area (Å²) >= 11 is 1.60. The fourth-order valence-electron chi connectivity index (χ4n) is 2.63. The van der Waals surface area contributed by atoms with Crippen molar-refractivity contribution in [3.05, 3.63) is 23.4 Å². The van der Waals surface area contributed by atoms with Gasteiger partial charge in [-0.25, -0.2) is 0 Å². The van der Waals surface area contributed by atoms with E-state index in [4.69, 9.17) is 4.52 Å². The van der Waals surface area contributed by atoms with Gasteiger partial charge in [0, 0.05) is 26.2 Å². The van der Waals surface area contributed by atoms with E-state index in [0.29, 0.717) is 18.3 Å². The Morgan fingerprint density at radius 1 is 1.45 bits per heavy atom. The fourth-order valence-corrected chi connectivity index (χ4v) is 3.28. The lowest BCUT2D eigenvalue weighted by Crippen LogP contribution is -2.50. The highest BCUT2D eigenvalue weighted by Crippen LogP contribution is 2.28. The number of carbonyl (C=O) groups excluding carboxylic acids is 1. The van der Waals surface area contributed by atoms with Crippen LogP contribution in [0.3, 0.4) is 0 Å². The molecule has 6 nitrogen and oxygen atoms in total. The molecule has 3 heterocycles. The van der Waals surface area contributed by atoms with E-state index in [2.05, 4.69) is 15.0 Å². The number of nitrogens with zero attached hydrogens (tertiary/aromatic N) is 4. The van der Waals surface area contributed by atoms with E-state index in [-0.39, 0.29) is 11.8 Å². The van der Waals surface area contributed by atoms with Crippen LogP contribution in [0.1, 0.15) is 25.7 Å². The van der Waals surface area contributed by atoms with Crippen LogP contribution >= 0.6 is 11.3 Å². The van der Waals surface area contributed by atoms with E-state index < -0.39 is 0 Å². The van der Waals surface area contributed by atoms with Crippen molar-refractivity contribution >= 4 is 17.2 Å². The van der Waals surface area contributed by atoms with Gasteiger partial charge in [-0.3, -0.25) is 9.69 Å². The largest absolute Gasteiger partial charge is 0.342 e. The lowest BCUT2D eigenvalue weighted by molar-refractivity contribution is -0.133. The third kappa shape index (κ3) is 3.05. The Bertz CT molecular complexity index is 615. The first kappa shape index (κ1) is 15.2. The Morgan fingerprint density at radius 2 is 2.23 bits per heavy atom. The van der Waals surface area contributed by atoms with E-state index in [1.165, 1.54) is 0 Å². The summed E-state index contributed by atoms with van der Waals surface area (Å²) in [7, 11) is 0. The maximum atomic E-state index is 12.0. The van der Waals surface area contributed by atoms with Gasteiger partial charge in [0.05, 0.1) is 17.3 Å². The van der Waals surface area contributed by atoms with Crippen molar-refractivity contribution in [1.82, 2.24) is 19.9 Å². The molecule has 0 aromatic carbocycles. The summed E-state index contributed by atoms with van der Waals surface area (Å²) in [5, 5.41) is 6.03. The van der Waals surface area contributed by atoms with Crippen molar-refractivity contribution in [2.45, 2.75) is 19.8 Å². The van der Waals surface area contributed by atoms with Crippen LogP contribution in [0.5, 0.6) is 0 Å². The van der Waals surface area contributed by atoms with Gasteiger partial charge in [0.15, 0.2) is 0 Å². The van der Waals surface area contributed by atoms with Crippen molar-refractivity contribution in [2.24, 2.45) is 0 Å². The maximum Gasteiger partial charge on any atom is 0.236 e. The second kappa shape index (κ2) is 6.58. The molecule has 7 heteroatoms. The molecule has 2 aromatic heterocycles. The molecule has 0 aliphatic carbocycles. The number of hydrogen-bond acceptors (Lipinski definition) is 6. The van der Waals surface area contributed by atoms with Crippen LogP contribution in [0.15, 0.2) is 22.0 Å². The Hall–Kier alpha value is -1.73. The molecule has 1 aliphatic heterocycles. The molecule has 2 aromatic rings. The fraction of sp³-hybridized carbons (Fsp3) is 0.533. The zero-order valence-electron chi connectivity index (χ0n) is 12.9. The molecule has 0 N–H and O–H groups in total. The summed E-state index contributed by atoms with van der Waals surface area (Å²) in [5.74, 6) is 1.76. The zero-order valence-corrected chi connectivity index (χ0v) is 13.7. The Morgan fingerprint density at radius 3 is 2.86 bits per heavy atom. The van der Waals surface area contributed by atoms with E-state index in [1.54, 1.807) is 11.3 Å². The molecule has 0 bridgehead atoms. The number of likely N-dealkylation sites (tertiary alicyclic amines) is 1. The van der Waals surface area contributed by atoms with Crippen molar-refractivity contribution in [1.29, 1.82) is 0 Å². The van der Waals surface area contributed by atoms with E-state index >= 15 is 0 Å². The van der Waals surface area contributed by atoms with Crippen molar-refractivity contribution in [3.63, 3.8) is 0 Å². The van der Waals surface area contributed by atoms with Gasteiger partial charge in [-0.05, 0) is 25.3 Å². The summed E-state index contributed by atoms with van der Waals surface area (Å²) in [6.07, 6.45) is 0. The number of aromatic nitrogens is 2. The van der Waals surface area contributed by atoms with Gasteiger partial charge in [0.2, 0.25) is 17.6 Å². The minimum Gasteiger partial charge on any atom is -0.342 e. The Balaban J connectivity index is 1.52. The average molecular weight is 320 g/mol. The molecule has 1 saturated heterocycles. The third-order valence-electron chi connectivity index (χ3n) is 3.96. The van der Waals surface area contributed by atoms with Crippen molar-refractivity contribution in [3.8, 4) is 10.7 Å². The van der Waals surface area contributed by atoms with E-state index in [0.717, 1.165) is 31.1 Å². The monoisotopic (exact) mass is 320 g/mol. The van der Waals surface area contributed by atoms with Gasteiger partial charge in [-0.2, -0.15) is 4.98 Å². The molecule has 0 atom stereocenters. The number of thiophene rings is 1. The van der Waals surface area contributed by atoms with Crippen LogP contribution in [0, 0.1) is 0 Å². The van der Waals surface area contributed by atoms with Gasteiger partial charge < -0.3 is 9.42 Å². The van der Waals surface area contributed by atoms with Crippen molar-refractivity contribution < 1.29 is 9.32 Å². The van der Waals surface area contributed by atoms with Crippen LogP contribution in [0.25, 0.3) is 10.7 Å². The predicted molar refractivity (Wildman–Crippen MR) is 84.7 cm³/mol. The maximum absolute atomic E-state index is 12.0. The van der Waals surface area contributed by atoms with Crippen LogP contribution in [-0.4, -0.2) is 58.6 Å². The van der Waals surface area contributed by atoms with Gasteiger partial charge >= 0.3 is 0 Å². The normalized spacial score (nSPS) is 15.7. The van der Waals surface area contributed by atoms with E-state index in [9.17, 15) is 4.79 Å². The molecule has 1 fully saturated rings. The molecule has 1 aliphatic rings. The Labute approximate surface area is 133 Å². The number of carbonyl (C=O) groups is 1. The smallest absolute Gasteiger partial charge is 0.236 e. The number of likely N-dealkylation sites (N-methyl/N-ethyl adjacent to an activating group) is 1. The van der Waals surface area contributed by atoms with Gasteiger partial charge in [0.25, 0.3) is 0 Å². The van der Waals surface area contributed by atoms with Crippen LogP contribution < -0.4 is 0 Å². The van der Waals surface area contributed by atoms with Gasteiger partial charge in [-0.15, -0.1) is 11.3 Å². The third-order valence-corrected chi connectivity index (χ3v) is 4.83. The van der Waals surface area contributed by atoms with Gasteiger partial charge in [-0.1, -0.05) is 11.2 Å². The topological polar surface area (TPSA) is 62.5 Å². The molecule has 1 amide bonds. The number of rotatable bonds is 6. The van der Waals surface area contributed by atoms with Crippen molar-refractivity contribution in [2.75, 3.05) is 32.7 Å². The second-order valence-corrected chi connectivity index (χ2v) is 6.34.